The Morgan fingerprint density at radius 1 is 1.00 bits per heavy atom. The average molecular weight is 463 g/mol. The van der Waals surface area contributed by atoms with Crippen molar-refractivity contribution >= 4 is 18.0 Å². The molecule has 2 saturated carbocycles. The van der Waals surface area contributed by atoms with Crippen LogP contribution >= 0.6 is 0 Å². The number of carboxylic acid groups (broad SMARTS) is 1. The number of alkyl carbamates (subject to hydrolysis) is 1. The third-order valence-corrected chi connectivity index (χ3v) is 7.72. The number of carbonyl (C=O) groups excluding carboxylic acids is 2. The highest BCUT2D eigenvalue weighted by atomic mass is 16.5. The van der Waals surface area contributed by atoms with Crippen molar-refractivity contribution in [3.05, 3.63) is 59.7 Å². The summed E-state index contributed by atoms with van der Waals surface area (Å²) in [6, 6.07) is 16.0. The maximum Gasteiger partial charge on any atom is 0.407 e. The first-order chi connectivity index (χ1) is 16.4. The summed E-state index contributed by atoms with van der Waals surface area (Å²) in [5.41, 5.74) is 4.65. The van der Waals surface area contributed by atoms with E-state index >= 15 is 0 Å². The zero-order chi connectivity index (χ0) is 23.8. The number of ether oxygens (including phenoxy) is 1. The minimum atomic E-state index is -0.736. The molecule has 0 heterocycles. The van der Waals surface area contributed by atoms with Crippen molar-refractivity contribution < 1.29 is 24.2 Å². The second-order valence-electron chi connectivity index (χ2n) is 9.92. The SMILES string of the molecule is C[C@@H](CC(=O)NC1CC2CC(C(=O)O)CC21)NC(=O)OCC1c2ccccc2-c2ccccc21. The van der Waals surface area contributed by atoms with Gasteiger partial charge in [-0.1, -0.05) is 48.5 Å². The van der Waals surface area contributed by atoms with Gasteiger partial charge in [-0.25, -0.2) is 4.79 Å². The number of nitrogens with one attached hydrogen (secondary N) is 2. The van der Waals surface area contributed by atoms with Crippen LogP contribution in [-0.4, -0.2) is 41.8 Å². The maximum atomic E-state index is 12.5. The third kappa shape index (κ3) is 4.27. The molecule has 2 amide bonds. The van der Waals surface area contributed by atoms with Crippen LogP contribution in [0, 0.1) is 17.8 Å². The molecule has 5 atom stereocenters. The zero-order valence-electron chi connectivity index (χ0n) is 19.2. The summed E-state index contributed by atoms with van der Waals surface area (Å²) in [5, 5.41) is 15.0. The highest BCUT2D eigenvalue weighted by molar-refractivity contribution is 5.80. The third-order valence-electron chi connectivity index (χ3n) is 7.72. The largest absolute Gasteiger partial charge is 0.481 e. The fourth-order valence-electron chi connectivity index (χ4n) is 6.03. The number of carbonyl (C=O) groups is 3. The van der Waals surface area contributed by atoms with Gasteiger partial charge in [-0.15, -0.1) is 0 Å². The molecule has 0 aliphatic heterocycles. The van der Waals surface area contributed by atoms with Crippen LogP contribution in [0.15, 0.2) is 48.5 Å². The van der Waals surface area contributed by atoms with Crippen molar-refractivity contribution in [1.29, 1.82) is 0 Å². The molecule has 0 spiro atoms. The van der Waals surface area contributed by atoms with Crippen LogP contribution in [0.1, 0.15) is 49.7 Å². The summed E-state index contributed by atoms with van der Waals surface area (Å²) in [7, 11) is 0. The van der Waals surface area contributed by atoms with Crippen molar-refractivity contribution in [2.45, 2.75) is 50.6 Å². The summed E-state index contributed by atoms with van der Waals surface area (Å²) < 4.78 is 5.56. The number of hydrogen-bond donors (Lipinski definition) is 3. The van der Waals surface area contributed by atoms with Crippen LogP contribution in [0.3, 0.4) is 0 Å². The number of amides is 2. The zero-order valence-corrected chi connectivity index (χ0v) is 19.2. The highest BCUT2D eigenvalue weighted by Crippen LogP contribution is 2.49. The molecule has 3 aliphatic rings. The fourth-order valence-corrected chi connectivity index (χ4v) is 6.03. The second kappa shape index (κ2) is 9.12. The van der Waals surface area contributed by atoms with E-state index in [0.29, 0.717) is 18.8 Å². The Morgan fingerprint density at radius 3 is 2.29 bits per heavy atom. The smallest absolute Gasteiger partial charge is 0.407 e. The molecule has 7 heteroatoms. The van der Waals surface area contributed by atoms with Gasteiger partial charge in [0.15, 0.2) is 0 Å². The minimum Gasteiger partial charge on any atom is -0.481 e. The van der Waals surface area contributed by atoms with Crippen LogP contribution < -0.4 is 10.6 Å². The van der Waals surface area contributed by atoms with E-state index < -0.39 is 12.1 Å². The molecule has 3 N–H and O–H groups in total. The average Bonchev–Trinajstić information content (AvgIpc) is 3.31. The van der Waals surface area contributed by atoms with Gasteiger partial charge < -0.3 is 20.5 Å². The highest BCUT2D eigenvalue weighted by Gasteiger charge is 2.49. The Balaban J connectivity index is 1.09. The quantitative estimate of drug-likeness (QED) is 0.579. The number of carboxylic acids is 1. The van der Waals surface area contributed by atoms with Crippen LogP contribution in [0.25, 0.3) is 11.1 Å². The molecule has 34 heavy (non-hydrogen) atoms. The second-order valence-corrected chi connectivity index (χ2v) is 9.92. The maximum absolute atomic E-state index is 12.5. The molecular formula is C27H30N2O5. The molecule has 3 aliphatic carbocycles. The number of rotatable bonds is 7. The molecular weight excluding hydrogens is 432 g/mol. The van der Waals surface area contributed by atoms with E-state index in [0.717, 1.165) is 17.5 Å². The van der Waals surface area contributed by atoms with Gasteiger partial charge in [0, 0.05) is 24.4 Å². The molecule has 2 aromatic rings. The monoisotopic (exact) mass is 462 g/mol. The number of benzene rings is 2. The first-order valence-electron chi connectivity index (χ1n) is 12.0. The van der Waals surface area contributed by atoms with Crippen LogP contribution in [0.2, 0.25) is 0 Å². The standard InChI is InChI=1S/C27H30N2O5/c1-15(10-25(30)29-24-13-16-11-17(26(31)32)12-22(16)24)28-27(33)34-14-23-20-8-4-2-6-18(20)19-7-3-5-9-21(19)23/h2-9,15-17,22-24H,10-14H2,1H3,(H,28,33)(H,29,30)(H,31,32)/t15-,16?,17?,22?,24?/m0/s1. The Bertz CT molecular complexity index is 1070. The summed E-state index contributed by atoms with van der Waals surface area (Å²) >= 11 is 0. The number of fused-ring (bicyclic) bond motifs is 4. The molecule has 2 fully saturated rings. The predicted molar refractivity (Wildman–Crippen MR) is 126 cm³/mol. The summed E-state index contributed by atoms with van der Waals surface area (Å²) in [6.07, 6.45) is 1.81. The van der Waals surface area contributed by atoms with Gasteiger partial charge in [-0.2, -0.15) is 0 Å². The van der Waals surface area contributed by atoms with E-state index in [1.807, 2.05) is 24.3 Å². The van der Waals surface area contributed by atoms with Gasteiger partial charge >= 0.3 is 12.1 Å². The summed E-state index contributed by atoms with van der Waals surface area (Å²) in [4.78, 5) is 36.1. The number of hydrogen-bond acceptors (Lipinski definition) is 4. The van der Waals surface area contributed by atoms with Crippen LogP contribution in [0.5, 0.6) is 0 Å². The Hall–Kier alpha value is -3.35. The van der Waals surface area contributed by atoms with Gasteiger partial charge in [-0.3, -0.25) is 9.59 Å². The van der Waals surface area contributed by atoms with Crippen molar-refractivity contribution in [2.75, 3.05) is 6.61 Å². The lowest BCUT2D eigenvalue weighted by Crippen LogP contribution is -2.51. The van der Waals surface area contributed by atoms with E-state index in [-0.39, 0.29) is 48.8 Å². The van der Waals surface area contributed by atoms with Gasteiger partial charge in [0.05, 0.1) is 5.92 Å². The lowest BCUT2D eigenvalue weighted by atomic mass is 9.71. The van der Waals surface area contributed by atoms with Crippen LogP contribution in [-0.2, 0) is 14.3 Å². The van der Waals surface area contributed by atoms with Crippen molar-refractivity contribution in [3.63, 3.8) is 0 Å². The van der Waals surface area contributed by atoms with E-state index in [4.69, 9.17) is 4.74 Å². The van der Waals surface area contributed by atoms with E-state index in [2.05, 4.69) is 34.9 Å². The van der Waals surface area contributed by atoms with E-state index in [1.165, 1.54) is 11.1 Å². The first-order valence-corrected chi connectivity index (χ1v) is 12.0. The van der Waals surface area contributed by atoms with Crippen LogP contribution in [0.4, 0.5) is 4.79 Å². The molecule has 178 valence electrons. The number of aliphatic carboxylic acids is 1. The molecule has 5 rings (SSSR count). The fraction of sp³-hybridized carbons (Fsp3) is 0.444. The Morgan fingerprint density at radius 2 is 1.65 bits per heavy atom. The molecule has 0 bridgehead atoms. The summed E-state index contributed by atoms with van der Waals surface area (Å²) in [6.45, 7) is 2.01. The molecule has 7 nitrogen and oxygen atoms in total. The molecule has 0 saturated heterocycles. The van der Waals surface area contributed by atoms with Gasteiger partial charge in [-0.05, 0) is 60.3 Å². The van der Waals surface area contributed by atoms with Gasteiger partial charge in [0.25, 0.3) is 0 Å². The molecule has 0 aromatic heterocycles. The van der Waals surface area contributed by atoms with E-state index in [1.54, 1.807) is 6.92 Å². The van der Waals surface area contributed by atoms with Crippen molar-refractivity contribution in [1.82, 2.24) is 10.6 Å². The predicted octanol–water partition coefficient (Wildman–Crippen LogP) is 3.92. The van der Waals surface area contributed by atoms with E-state index in [9.17, 15) is 19.5 Å². The first kappa shape index (κ1) is 22.4. The van der Waals surface area contributed by atoms with Crippen molar-refractivity contribution in [3.8, 4) is 11.1 Å². The molecule has 0 radical (unpaired) electrons. The Kier molecular flexibility index (Phi) is 6.02. The summed E-state index contributed by atoms with van der Waals surface area (Å²) in [5.74, 6) is -0.497. The van der Waals surface area contributed by atoms with Crippen molar-refractivity contribution in [2.24, 2.45) is 17.8 Å². The lowest BCUT2D eigenvalue weighted by molar-refractivity contribution is -0.141. The normalized spacial score (nSPS) is 25.3. The molecule has 4 unspecified atom stereocenters. The molecule has 2 aromatic carbocycles. The lowest BCUT2D eigenvalue weighted by Gasteiger charge is -2.41. The van der Waals surface area contributed by atoms with Gasteiger partial charge in [0.1, 0.15) is 6.61 Å². The Labute approximate surface area is 198 Å². The van der Waals surface area contributed by atoms with Gasteiger partial charge in [0.2, 0.25) is 5.91 Å². The topological polar surface area (TPSA) is 105 Å². The minimum absolute atomic E-state index is 0.00985.